The second kappa shape index (κ2) is 5.95. The Morgan fingerprint density at radius 1 is 1.62 bits per heavy atom. The van der Waals surface area contributed by atoms with Crippen molar-refractivity contribution in [3.05, 3.63) is 35.0 Å². The van der Waals surface area contributed by atoms with Crippen molar-refractivity contribution in [2.24, 2.45) is 0 Å². The third kappa shape index (κ3) is 4.25. The van der Waals surface area contributed by atoms with Crippen molar-refractivity contribution in [2.45, 2.75) is 31.8 Å². The van der Waals surface area contributed by atoms with Gasteiger partial charge in [-0.15, -0.1) is 17.9 Å². The number of unbranched alkanes of at least 4 members (excludes halogenated alkanes) is 1. The fourth-order valence-corrected chi connectivity index (χ4v) is 2.04. The van der Waals surface area contributed by atoms with Crippen molar-refractivity contribution in [3.63, 3.8) is 0 Å². The molecule has 0 bridgehead atoms. The molecular formula is C11H16OS. The van der Waals surface area contributed by atoms with E-state index in [0.717, 1.165) is 25.7 Å². The van der Waals surface area contributed by atoms with Gasteiger partial charge in [0.25, 0.3) is 0 Å². The lowest BCUT2D eigenvalue weighted by Gasteiger charge is -2.07. The van der Waals surface area contributed by atoms with Crippen LogP contribution in [0.4, 0.5) is 0 Å². The molecule has 1 unspecified atom stereocenters. The average molecular weight is 196 g/mol. The Morgan fingerprint density at radius 2 is 2.46 bits per heavy atom. The fourth-order valence-electron chi connectivity index (χ4n) is 1.26. The van der Waals surface area contributed by atoms with Crippen LogP contribution in [-0.4, -0.2) is 11.2 Å². The van der Waals surface area contributed by atoms with Crippen molar-refractivity contribution in [3.8, 4) is 0 Å². The number of hydrogen-bond donors (Lipinski definition) is 1. The molecule has 1 aromatic rings. The largest absolute Gasteiger partial charge is 0.393 e. The molecule has 1 aromatic heterocycles. The predicted octanol–water partition coefficient (Wildman–Crippen LogP) is 3.01. The molecule has 1 rings (SSSR count). The molecule has 0 aliphatic rings. The summed E-state index contributed by atoms with van der Waals surface area (Å²) in [7, 11) is 0. The minimum Gasteiger partial charge on any atom is -0.393 e. The number of aliphatic hydroxyl groups excluding tert-OH is 1. The van der Waals surface area contributed by atoms with Gasteiger partial charge in [-0.1, -0.05) is 12.1 Å². The molecule has 1 N–H and O–H groups in total. The Hall–Kier alpha value is -0.600. The van der Waals surface area contributed by atoms with Crippen molar-refractivity contribution >= 4 is 11.3 Å². The first kappa shape index (κ1) is 10.5. The summed E-state index contributed by atoms with van der Waals surface area (Å²) in [6, 6.07) is 4.10. The van der Waals surface area contributed by atoms with Crippen molar-refractivity contribution < 1.29 is 5.11 Å². The first-order chi connectivity index (χ1) is 6.33. The van der Waals surface area contributed by atoms with Gasteiger partial charge in [0.05, 0.1) is 6.10 Å². The van der Waals surface area contributed by atoms with Crippen LogP contribution in [0.25, 0.3) is 0 Å². The van der Waals surface area contributed by atoms with E-state index in [2.05, 4.69) is 12.6 Å². The van der Waals surface area contributed by atoms with Crippen LogP contribution in [-0.2, 0) is 6.42 Å². The van der Waals surface area contributed by atoms with Crippen LogP contribution >= 0.6 is 11.3 Å². The average Bonchev–Trinajstić information content (AvgIpc) is 2.57. The van der Waals surface area contributed by atoms with Gasteiger partial charge in [0.2, 0.25) is 0 Å². The van der Waals surface area contributed by atoms with Gasteiger partial charge in [0.15, 0.2) is 0 Å². The monoisotopic (exact) mass is 196 g/mol. The van der Waals surface area contributed by atoms with E-state index in [-0.39, 0.29) is 6.10 Å². The lowest BCUT2D eigenvalue weighted by Crippen LogP contribution is -2.08. The molecular weight excluding hydrogens is 180 g/mol. The van der Waals surface area contributed by atoms with Crippen LogP contribution in [0.1, 0.15) is 24.1 Å². The van der Waals surface area contributed by atoms with Crippen LogP contribution in [0.5, 0.6) is 0 Å². The first-order valence-electron chi connectivity index (χ1n) is 4.64. The quantitative estimate of drug-likeness (QED) is 0.548. The third-order valence-electron chi connectivity index (χ3n) is 1.96. The van der Waals surface area contributed by atoms with Crippen LogP contribution in [0.2, 0.25) is 0 Å². The maximum Gasteiger partial charge on any atom is 0.0588 e. The zero-order valence-electron chi connectivity index (χ0n) is 7.78. The molecule has 0 fully saturated rings. The number of hydrogen-bond acceptors (Lipinski definition) is 2. The fraction of sp³-hybridized carbons (Fsp3) is 0.455. The van der Waals surface area contributed by atoms with Crippen LogP contribution in [0.15, 0.2) is 30.2 Å². The maximum atomic E-state index is 9.62. The van der Waals surface area contributed by atoms with Crippen molar-refractivity contribution in [2.75, 3.05) is 0 Å². The van der Waals surface area contributed by atoms with E-state index >= 15 is 0 Å². The van der Waals surface area contributed by atoms with Gasteiger partial charge >= 0.3 is 0 Å². The summed E-state index contributed by atoms with van der Waals surface area (Å²) in [5.74, 6) is 0. The highest BCUT2D eigenvalue weighted by molar-refractivity contribution is 7.09. The summed E-state index contributed by atoms with van der Waals surface area (Å²) >= 11 is 1.71. The van der Waals surface area contributed by atoms with Gasteiger partial charge in [-0.3, -0.25) is 0 Å². The standard InChI is InChI=1S/C11H16OS/c1-2-3-4-6-10(12)9-11-7-5-8-13-11/h2,5,7-8,10,12H,1,3-4,6,9H2. The SMILES string of the molecule is C=CCCCC(O)Cc1cccs1. The Bertz CT molecular complexity index is 228. The highest BCUT2D eigenvalue weighted by Gasteiger charge is 2.04. The van der Waals surface area contributed by atoms with Crippen molar-refractivity contribution in [1.82, 2.24) is 0 Å². The van der Waals surface area contributed by atoms with Crippen LogP contribution in [0, 0.1) is 0 Å². The molecule has 0 spiro atoms. The maximum absolute atomic E-state index is 9.62. The van der Waals surface area contributed by atoms with Gasteiger partial charge in [0, 0.05) is 11.3 Å². The summed E-state index contributed by atoms with van der Waals surface area (Å²) in [5, 5.41) is 11.7. The summed E-state index contributed by atoms with van der Waals surface area (Å²) < 4.78 is 0. The van der Waals surface area contributed by atoms with Crippen molar-refractivity contribution in [1.29, 1.82) is 0 Å². The van der Waals surface area contributed by atoms with Gasteiger partial charge in [0.1, 0.15) is 0 Å². The van der Waals surface area contributed by atoms with E-state index in [1.54, 1.807) is 11.3 Å². The normalized spacial score (nSPS) is 12.7. The number of aliphatic hydroxyl groups is 1. The van der Waals surface area contributed by atoms with E-state index in [0.29, 0.717) is 0 Å². The Balaban J connectivity index is 2.17. The Kier molecular flexibility index (Phi) is 4.79. The molecule has 1 heterocycles. The molecule has 0 aromatic carbocycles. The van der Waals surface area contributed by atoms with Gasteiger partial charge in [-0.25, -0.2) is 0 Å². The molecule has 72 valence electrons. The Morgan fingerprint density at radius 3 is 3.08 bits per heavy atom. The Labute approximate surface area is 83.7 Å². The molecule has 1 atom stereocenters. The van der Waals surface area contributed by atoms with E-state index < -0.39 is 0 Å². The second-order valence-electron chi connectivity index (χ2n) is 3.16. The third-order valence-corrected chi connectivity index (χ3v) is 2.86. The summed E-state index contributed by atoms with van der Waals surface area (Å²) in [5.41, 5.74) is 0. The van der Waals surface area contributed by atoms with E-state index in [4.69, 9.17) is 0 Å². The van der Waals surface area contributed by atoms with E-state index in [9.17, 15) is 5.11 Å². The summed E-state index contributed by atoms with van der Waals surface area (Å²) in [6.07, 6.45) is 5.44. The predicted molar refractivity (Wildman–Crippen MR) is 58.1 cm³/mol. The van der Waals surface area contributed by atoms with E-state index in [1.165, 1.54) is 4.88 Å². The highest BCUT2D eigenvalue weighted by atomic mass is 32.1. The molecule has 0 amide bonds. The zero-order valence-corrected chi connectivity index (χ0v) is 8.59. The molecule has 2 heteroatoms. The minimum absolute atomic E-state index is 0.182. The minimum atomic E-state index is -0.182. The molecule has 0 radical (unpaired) electrons. The van der Waals surface area contributed by atoms with Gasteiger partial charge in [-0.2, -0.15) is 0 Å². The van der Waals surface area contributed by atoms with Crippen LogP contribution < -0.4 is 0 Å². The topological polar surface area (TPSA) is 20.2 Å². The number of rotatable bonds is 6. The van der Waals surface area contributed by atoms with E-state index in [1.807, 2.05) is 17.5 Å². The van der Waals surface area contributed by atoms with Gasteiger partial charge < -0.3 is 5.11 Å². The first-order valence-corrected chi connectivity index (χ1v) is 5.52. The lowest BCUT2D eigenvalue weighted by molar-refractivity contribution is 0.163. The smallest absolute Gasteiger partial charge is 0.0588 e. The lowest BCUT2D eigenvalue weighted by atomic mass is 10.1. The molecule has 0 aliphatic carbocycles. The number of allylic oxidation sites excluding steroid dienone is 1. The molecule has 1 nitrogen and oxygen atoms in total. The summed E-state index contributed by atoms with van der Waals surface area (Å²) in [6.45, 7) is 3.65. The van der Waals surface area contributed by atoms with Gasteiger partial charge in [-0.05, 0) is 30.7 Å². The molecule has 0 saturated carbocycles. The number of thiophene rings is 1. The highest BCUT2D eigenvalue weighted by Crippen LogP contribution is 2.13. The second-order valence-corrected chi connectivity index (χ2v) is 4.19. The summed E-state index contributed by atoms with van der Waals surface area (Å²) in [4.78, 5) is 1.27. The molecule has 0 saturated heterocycles. The molecule has 13 heavy (non-hydrogen) atoms. The van der Waals surface area contributed by atoms with Crippen LogP contribution in [0.3, 0.4) is 0 Å². The molecule has 0 aliphatic heterocycles. The zero-order chi connectivity index (χ0) is 9.52.